The normalized spacial score (nSPS) is 16.2. The second kappa shape index (κ2) is 4.89. The number of benzene rings is 1. The van der Waals surface area contributed by atoms with Gasteiger partial charge in [-0.25, -0.2) is 0 Å². The summed E-state index contributed by atoms with van der Waals surface area (Å²) in [4.78, 5) is 0. The van der Waals surface area contributed by atoms with E-state index < -0.39 is 0 Å². The van der Waals surface area contributed by atoms with Gasteiger partial charge in [-0.05, 0) is 38.8 Å². The van der Waals surface area contributed by atoms with Crippen molar-refractivity contribution in [2.24, 2.45) is 0 Å². The molecule has 0 amide bonds. The van der Waals surface area contributed by atoms with Crippen LogP contribution in [0.1, 0.15) is 44.8 Å². The Morgan fingerprint density at radius 1 is 1.37 bits per heavy atom. The lowest BCUT2D eigenvalue weighted by atomic mass is 9.93. The summed E-state index contributed by atoms with van der Waals surface area (Å²) in [6.07, 6.45) is 4.02. The number of fused-ring (bicyclic) bond motifs is 1. The van der Waals surface area contributed by atoms with Gasteiger partial charge in [0.2, 0.25) is 0 Å². The van der Waals surface area contributed by atoms with Crippen molar-refractivity contribution in [2.45, 2.75) is 51.7 Å². The molecule has 19 heavy (non-hydrogen) atoms. The van der Waals surface area contributed by atoms with Crippen LogP contribution in [0.15, 0.2) is 24.3 Å². The van der Waals surface area contributed by atoms with E-state index in [1.165, 1.54) is 35.9 Å². The zero-order valence-corrected chi connectivity index (χ0v) is 11.8. The van der Waals surface area contributed by atoms with Crippen LogP contribution in [-0.4, -0.2) is 10.6 Å². The highest BCUT2D eigenvalue weighted by molar-refractivity contribution is 5.91. The SMILES string of the molecule is CC(C)n1c(CNC2CCC2)cc2cccc(N)c21. The van der Waals surface area contributed by atoms with Crippen LogP contribution in [-0.2, 0) is 6.54 Å². The lowest BCUT2D eigenvalue weighted by Crippen LogP contribution is -2.35. The third-order valence-electron chi connectivity index (χ3n) is 4.16. The van der Waals surface area contributed by atoms with Crippen molar-refractivity contribution in [3.8, 4) is 0 Å². The number of rotatable bonds is 4. The van der Waals surface area contributed by atoms with E-state index in [4.69, 9.17) is 5.73 Å². The molecule has 0 atom stereocenters. The standard InChI is InChI=1S/C16H23N3/c1-11(2)19-14(10-18-13-6-4-7-13)9-12-5-3-8-15(17)16(12)19/h3,5,8-9,11,13,18H,4,6-7,10,17H2,1-2H3. The summed E-state index contributed by atoms with van der Waals surface area (Å²) in [6.45, 7) is 5.38. The van der Waals surface area contributed by atoms with E-state index in [1.54, 1.807) is 0 Å². The molecule has 0 radical (unpaired) electrons. The van der Waals surface area contributed by atoms with E-state index in [0.717, 1.165) is 18.3 Å². The molecule has 1 fully saturated rings. The molecule has 102 valence electrons. The molecule has 3 rings (SSSR count). The molecule has 1 aliphatic rings. The predicted molar refractivity (Wildman–Crippen MR) is 81.2 cm³/mol. The van der Waals surface area contributed by atoms with Crippen LogP contribution < -0.4 is 11.1 Å². The molecule has 1 aromatic carbocycles. The van der Waals surface area contributed by atoms with Crippen LogP contribution in [0.4, 0.5) is 5.69 Å². The minimum Gasteiger partial charge on any atom is -0.397 e. The van der Waals surface area contributed by atoms with Crippen molar-refractivity contribution in [1.82, 2.24) is 9.88 Å². The zero-order chi connectivity index (χ0) is 13.4. The number of hydrogen-bond acceptors (Lipinski definition) is 2. The smallest absolute Gasteiger partial charge is 0.0718 e. The quantitative estimate of drug-likeness (QED) is 0.824. The van der Waals surface area contributed by atoms with Gasteiger partial charge in [0.1, 0.15) is 0 Å². The molecule has 1 saturated carbocycles. The number of aromatic nitrogens is 1. The van der Waals surface area contributed by atoms with Crippen LogP contribution in [0.2, 0.25) is 0 Å². The summed E-state index contributed by atoms with van der Waals surface area (Å²) >= 11 is 0. The average molecular weight is 257 g/mol. The van der Waals surface area contributed by atoms with Crippen molar-refractivity contribution >= 4 is 16.6 Å². The maximum absolute atomic E-state index is 6.16. The first-order chi connectivity index (χ1) is 9.16. The van der Waals surface area contributed by atoms with Crippen LogP contribution in [0.5, 0.6) is 0 Å². The third-order valence-corrected chi connectivity index (χ3v) is 4.16. The average Bonchev–Trinajstić information content (AvgIpc) is 2.67. The fraction of sp³-hybridized carbons (Fsp3) is 0.500. The van der Waals surface area contributed by atoms with E-state index in [0.29, 0.717) is 6.04 Å². The maximum Gasteiger partial charge on any atom is 0.0718 e. The summed E-state index contributed by atoms with van der Waals surface area (Å²) in [5.74, 6) is 0. The van der Waals surface area contributed by atoms with Gasteiger partial charge in [0.15, 0.2) is 0 Å². The van der Waals surface area contributed by atoms with Gasteiger partial charge in [0.05, 0.1) is 11.2 Å². The molecule has 0 aliphatic heterocycles. The number of nitrogen functional groups attached to an aromatic ring is 1. The van der Waals surface area contributed by atoms with Crippen LogP contribution in [0.25, 0.3) is 10.9 Å². The number of nitrogens with two attached hydrogens (primary N) is 1. The maximum atomic E-state index is 6.16. The number of anilines is 1. The predicted octanol–water partition coefficient (Wildman–Crippen LogP) is 3.45. The Balaban J connectivity index is 1.97. The fourth-order valence-corrected chi connectivity index (χ4v) is 2.95. The van der Waals surface area contributed by atoms with Gasteiger partial charge >= 0.3 is 0 Å². The summed E-state index contributed by atoms with van der Waals surface area (Å²) in [6, 6.07) is 9.60. The van der Waals surface area contributed by atoms with E-state index in [2.05, 4.69) is 35.9 Å². The van der Waals surface area contributed by atoms with Gasteiger partial charge in [-0.3, -0.25) is 0 Å². The first kappa shape index (κ1) is 12.5. The number of para-hydroxylation sites is 1. The highest BCUT2D eigenvalue weighted by Gasteiger charge is 2.18. The molecule has 1 aliphatic carbocycles. The monoisotopic (exact) mass is 257 g/mol. The number of nitrogens with zero attached hydrogens (tertiary/aromatic N) is 1. The Bertz CT molecular complexity index is 579. The lowest BCUT2D eigenvalue weighted by molar-refractivity contribution is 0.334. The summed E-state index contributed by atoms with van der Waals surface area (Å²) in [5.41, 5.74) is 9.56. The van der Waals surface area contributed by atoms with Crippen molar-refractivity contribution in [3.63, 3.8) is 0 Å². The molecule has 1 heterocycles. The minimum absolute atomic E-state index is 0.431. The van der Waals surface area contributed by atoms with Crippen molar-refractivity contribution < 1.29 is 0 Å². The highest BCUT2D eigenvalue weighted by atomic mass is 15.1. The van der Waals surface area contributed by atoms with E-state index >= 15 is 0 Å². The zero-order valence-electron chi connectivity index (χ0n) is 11.8. The van der Waals surface area contributed by atoms with Gasteiger partial charge in [-0.15, -0.1) is 0 Å². The molecule has 2 aromatic rings. The van der Waals surface area contributed by atoms with Crippen LogP contribution in [0.3, 0.4) is 0 Å². The first-order valence-electron chi connectivity index (χ1n) is 7.28. The first-order valence-corrected chi connectivity index (χ1v) is 7.28. The second-order valence-electron chi connectivity index (χ2n) is 5.89. The minimum atomic E-state index is 0.431. The Kier molecular flexibility index (Phi) is 3.23. The Morgan fingerprint density at radius 2 is 2.16 bits per heavy atom. The molecule has 1 aromatic heterocycles. The summed E-state index contributed by atoms with van der Waals surface area (Å²) in [7, 11) is 0. The summed E-state index contributed by atoms with van der Waals surface area (Å²) < 4.78 is 2.37. The molecule has 3 N–H and O–H groups in total. The fourth-order valence-electron chi connectivity index (χ4n) is 2.95. The van der Waals surface area contributed by atoms with Gasteiger partial charge in [-0.1, -0.05) is 18.6 Å². The van der Waals surface area contributed by atoms with E-state index in [-0.39, 0.29) is 0 Å². The van der Waals surface area contributed by atoms with Crippen LogP contribution >= 0.6 is 0 Å². The molecule has 0 unspecified atom stereocenters. The van der Waals surface area contributed by atoms with Crippen molar-refractivity contribution in [1.29, 1.82) is 0 Å². The molecule has 0 bridgehead atoms. The number of nitrogens with one attached hydrogen (secondary N) is 1. The van der Waals surface area contributed by atoms with E-state index in [9.17, 15) is 0 Å². The Morgan fingerprint density at radius 3 is 2.79 bits per heavy atom. The van der Waals surface area contributed by atoms with Gasteiger partial charge in [0.25, 0.3) is 0 Å². The summed E-state index contributed by atoms with van der Waals surface area (Å²) in [5, 5.41) is 4.90. The second-order valence-corrected chi connectivity index (χ2v) is 5.89. The van der Waals surface area contributed by atoms with E-state index in [1.807, 2.05) is 12.1 Å². The largest absolute Gasteiger partial charge is 0.397 e. The third kappa shape index (κ3) is 2.23. The molecular formula is C16H23N3. The van der Waals surface area contributed by atoms with Crippen molar-refractivity contribution in [2.75, 3.05) is 5.73 Å². The van der Waals surface area contributed by atoms with Gasteiger partial charge < -0.3 is 15.6 Å². The lowest BCUT2D eigenvalue weighted by Gasteiger charge is -2.27. The molecule has 3 heteroatoms. The molecule has 0 spiro atoms. The van der Waals surface area contributed by atoms with Gasteiger partial charge in [-0.2, -0.15) is 0 Å². The molecule has 0 saturated heterocycles. The Labute approximate surface area is 114 Å². The topological polar surface area (TPSA) is 43.0 Å². The molecular weight excluding hydrogens is 234 g/mol. The molecule has 3 nitrogen and oxygen atoms in total. The Hall–Kier alpha value is -1.48. The highest BCUT2D eigenvalue weighted by Crippen LogP contribution is 2.29. The van der Waals surface area contributed by atoms with Crippen molar-refractivity contribution in [3.05, 3.63) is 30.0 Å². The van der Waals surface area contributed by atoms with Crippen LogP contribution in [0, 0.1) is 0 Å². The number of hydrogen-bond donors (Lipinski definition) is 2. The van der Waals surface area contributed by atoms with Gasteiger partial charge in [0, 0.05) is 29.7 Å².